The van der Waals surface area contributed by atoms with Gasteiger partial charge in [-0.15, -0.1) is 0 Å². The lowest BCUT2D eigenvalue weighted by atomic mass is 10.0. The number of fused-ring (bicyclic) bond motifs is 1. The largest absolute Gasteiger partial charge is 0.494 e. The van der Waals surface area contributed by atoms with E-state index in [2.05, 4.69) is 67.4 Å². The van der Waals surface area contributed by atoms with Crippen LogP contribution >= 0.6 is 0 Å². The maximum Gasteiger partial charge on any atom is 0.227 e. The topological polar surface area (TPSA) is 132 Å². The Hall–Kier alpha value is -4.71. The zero-order valence-corrected chi connectivity index (χ0v) is 27.8. The number of ether oxygens (including phenoxy) is 1. The molecule has 2 saturated heterocycles. The van der Waals surface area contributed by atoms with Crippen LogP contribution in [0.15, 0.2) is 66.9 Å². The number of nitrogens with zero attached hydrogens (tertiary/aromatic N) is 6. The number of aromatic nitrogens is 4. The monoisotopic (exact) mass is 647 g/mol. The number of aliphatic hydroxyl groups excluding tert-OH is 1. The molecule has 2 aliphatic rings. The van der Waals surface area contributed by atoms with E-state index in [9.17, 15) is 5.11 Å². The molecule has 11 heteroatoms. The molecule has 0 aliphatic carbocycles. The molecule has 0 atom stereocenters. The zero-order chi connectivity index (χ0) is 33.0. The smallest absolute Gasteiger partial charge is 0.227 e. The van der Waals surface area contributed by atoms with Crippen molar-refractivity contribution >= 4 is 33.8 Å². The minimum atomic E-state index is 0.0988. The van der Waals surface area contributed by atoms with Crippen LogP contribution in [0.2, 0.25) is 0 Å². The number of methoxy groups -OCH3 is 1. The van der Waals surface area contributed by atoms with Gasteiger partial charge in [0.25, 0.3) is 0 Å². The molecule has 48 heavy (non-hydrogen) atoms. The number of nitrogens with one attached hydrogen (secondary N) is 2. The lowest BCUT2D eigenvalue weighted by Crippen LogP contribution is -2.52. The van der Waals surface area contributed by atoms with Crippen LogP contribution in [-0.4, -0.2) is 101 Å². The zero-order valence-electron chi connectivity index (χ0n) is 27.8. The standard InChI is InChI=1S/C37H45N9O2/c1-44-17-19-45(20-18-44)28-12-15-46(16-13-28)32-24-33(48-2)31(23-29(32)38)41-37-39-14-11-30(40-37)36-35(42-34(43-36)8-5-21-47)27-10-9-25-6-3-4-7-26(25)22-27/h3-4,6-7,9-11,14,22-24,28,47H,5,8,12-13,15-21,38H2,1-2H3,(H,42,43)(H,39,40,41). The Kier molecular flexibility index (Phi) is 9.42. The van der Waals surface area contributed by atoms with Gasteiger partial charge in [-0.1, -0.05) is 36.4 Å². The summed E-state index contributed by atoms with van der Waals surface area (Å²) < 4.78 is 5.85. The van der Waals surface area contributed by atoms with E-state index in [4.69, 9.17) is 20.4 Å². The number of hydrogen-bond donors (Lipinski definition) is 4. The van der Waals surface area contributed by atoms with Crippen molar-refractivity contribution in [2.75, 3.05) is 76.0 Å². The Labute approximate surface area is 281 Å². The molecule has 0 radical (unpaired) electrons. The highest BCUT2D eigenvalue weighted by Crippen LogP contribution is 2.38. The van der Waals surface area contributed by atoms with Gasteiger partial charge in [0.15, 0.2) is 0 Å². The molecule has 4 heterocycles. The number of piperazine rings is 1. The molecule has 3 aromatic carbocycles. The van der Waals surface area contributed by atoms with Crippen molar-refractivity contribution in [2.24, 2.45) is 0 Å². The summed E-state index contributed by atoms with van der Waals surface area (Å²) in [6.45, 7) is 6.61. The van der Waals surface area contributed by atoms with Crippen LogP contribution in [0.3, 0.4) is 0 Å². The summed E-state index contributed by atoms with van der Waals surface area (Å²) in [6.07, 6.45) is 5.23. The van der Waals surface area contributed by atoms with E-state index in [0.29, 0.717) is 47.7 Å². The number of aromatic amines is 1. The minimum absolute atomic E-state index is 0.0988. The van der Waals surface area contributed by atoms with Gasteiger partial charge in [0.2, 0.25) is 5.95 Å². The number of aliphatic hydroxyl groups is 1. The second kappa shape index (κ2) is 14.2. The highest BCUT2D eigenvalue weighted by atomic mass is 16.5. The number of nitrogen functional groups attached to an aromatic ring is 1. The number of piperidine rings is 1. The summed E-state index contributed by atoms with van der Waals surface area (Å²) in [5.74, 6) is 1.90. The molecule has 7 rings (SSSR count). The van der Waals surface area contributed by atoms with Crippen molar-refractivity contribution < 1.29 is 9.84 Å². The lowest BCUT2D eigenvalue weighted by molar-refractivity contribution is 0.0982. The summed E-state index contributed by atoms with van der Waals surface area (Å²) in [7, 11) is 3.88. The van der Waals surface area contributed by atoms with E-state index in [1.54, 1.807) is 13.3 Å². The van der Waals surface area contributed by atoms with Crippen LogP contribution in [0, 0.1) is 0 Å². The number of likely N-dealkylation sites (N-methyl/N-ethyl adjacent to an activating group) is 1. The molecule has 0 unspecified atom stereocenters. The third kappa shape index (κ3) is 6.80. The fourth-order valence-corrected chi connectivity index (χ4v) is 6.98. The van der Waals surface area contributed by atoms with Gasteiger partial charge < -0.3 is 35.7 Å². The number of H-pyrrole nitrogens is 1. The van der Waals surface area contributed by atoms with Gasteiger partial charge in [0.05, 0.1) is 41.3 Å². The molecule has 0 bridgehead atoms. The summed E-state index contributed by atoms with van der Waals surface area (Å²) in [6, 6.07) is 21.1. The Morgan fingerprint density at radius 2 is 1.75 bits per heavy atom. The molecule has 5 aromatic rings. The number of imidazole rings is 1. The van der Waals surface area contributed by atoms with Crippen molar-refractivity contribution in [1.29, 1.82) is 0 Å². The summed E-state index contributed by atoms with van der Waals surface area (Å²) in [5.41, 5.74) is 12.4. The van der Waals surface area contributed by atoms with E-state index < -0.39 is 0 Å². The highest BCUT2D eigenvalue weighted by Gasteiger charge is 2.28. The fraction of sp³-hybridized carbons (Fsp3) is 0.378. The Balaban J connectivity index is 1.12. The fourth-order valence-electron chi connectivity index (χ4n) is 6.98. The van der Waals surface area contributed by atoms with Gasteiger partial charge in [-0.05, 0) is 55.3 Å². The van der Waals surface area contributed by atoms with Gasteiger partial charge in [0, 0.05) is 76.2 Å². The SMILES string of the molecule is COc1cc(N2CCC(N3CCN(C)CC3)CC2)c(N)cc1Nc1nccc(-c2[nH]c(CCCO)nc2-c2ccc3ccccc3c2)n1. The van der Waals surface area contributed by atoms with E-state index >= 15 is 0 Å². The maximum atomic E-state index is 9.46. The number of aryl methyl sites for hydroxylation is 1. The number of anilines is 4. The molecule has 0 amide bonds. The van der Waals surface area contributed by atoms with Crippen LogP contribution in [0.25, 0.3) is 33.4 Å². The van der Waals surface area contributed by atoms with Gasteiger partial charge in [-0.2, -0.15) is 0 Å². The third-order valence-electron chi connectivity index (χ3n) is 9.71. The van der Waals surface area contributed by atoms with E-state index in [1.165, 1.54) is 5.39 Å². The normalized spacial score (nSPS) is 16.4. The lowest BCUT2D eigenvalue weighted by Gasteiger charge is -2.42. The van der Waals surface area contributed by atoms with Crippen molar-refractivity contribution in [3.63, 3.8) is 0 Å². The van der Waals surface area contributed by atoms with E-state index in [0.717, 1.165) is 86.0 Å². The molecular formula is C37H45N9O2. The number of benzene rings is 3. The first-order chi connectivity index (χ1) is 23.5. The van der Waals surface area contributed by atoms with Crippen molar-refractivity contribution in [3.05, 3.63) is 72.7 Å². The molecule has 250 valence electrons. The van der Waals surface area contributed by atoms with Crippen LogP contribution in [0.1, 0.15) is 25.1 Å². The van der Waals surface area contributed by atoms with Crippen LogP contribution in [0.4, 0.5) is 23.0 Å². The molecule has 2 aliphatic heterocycles. The number of hydrogen-bond acceptors (Lipinski definition) is 10. The van der Waals surface area contributed by atoms with Gasteiger partial charge in [0.1, 0.15) is 11.6 Å². The molecule has 0 spiro atoms. The maximum absolute atomic E-state index is 9.46. The predicted octanol–water partition coefficient (Wildman–Crippen LogP) is 5.16. The Morgan fingerprint density at radius 3 is 2.52 bits per heavy atom. The van der Waals surface area contributed by atoms with Gasteiger partial charge in [-0.3, -0.25) is 4.90 Å². The Bertz CT molecular complexity index is 1860. The van der Waals surface area contributed by atoms with Crippen molar-refractivity contribution in [3.8, 4) is 28.4 Å². The molecule has 0 saturated carbocycles. The van der Waals surface area contributed by atoms with E-state index in [1.807, 2.05) is 30.3 Å². The van der Waals surface area contributed by atoms with Crippen LogP contribution in [-0.2, 0) is 6.42 Å². The average Bonchev–Trinajstić information content (AvgIpc) is 3.56. The number of rotatable bonds is 10. The first-order valence-corrected chi connectivity index (χ1v) is 16.9. The number of nitrogens with two attached hydrogens (primary N) is 1. The molecule has 5 N–H and O–H groups in total. The predicted molar refractivity (Wildman–Crippen MR) is 193 cm³/mol. The van der Waals surface area contributed by atoms with Gasteiger partial charge in [-0.25, -0.2) is 15.0 Å². The van der Waals surface area contributed by atoms with Crippen LogP contribution < -0.4 is 20.7 Å². The van der Waals surface area contributed by atoms with Crippen molar-refractivity contribution in [1.82, 2.24) is 29.7 Å². The third-order valence-corrected chi connectivity index (χ3v) is 9.71. The second-order valence-corrected chi connectivity index (χ2v) is 12.9. The Morgan fingerprint density at radius 1 is 0.958 bits per heavy atom. The summed E-state index contributed by atoms with van der Waals surface area (Å²) in [5, 5.41) is 15.1. The molecule has 11 nitrogen and oxygen atoms in total. The minimum Gasteiger partial charge on any atom is -0.494 e. The first-order valence-electron chi connectivity index (χ1n) is 16.9. The highest BCUT2D eigenvalue weighted by molar-refractivity contribution is 5.89. The quantitative estimate of drug-likeness (QED) is 0.151. The first kappa shape index (κ1) is 31.9. The summed E-state index contributed by atoms with van der Waals surface area (Å²) >= 11 is 0. The summed E-state index contributed by atoms with van der Waals surface area (Å²) in [4.78, 5) is 25.3. The molecule has 2 aromatic heterocycles. The average molecular weight is 648 g/mol. The second-order valence-electron chi connectivity index (χ2n) is 12.9. The van der Waals surface area contributed by atoms with Crippen molar-refractivity contribution in [2.45, 2.75) is 31.7 Å². The molecular weight excluding hydrogens is 602 g/mol. The molecule has 2 fully saturated rings. The van der Waals surface area contributed by atoms with Gasteiger partial charge >= 0.3 is 0 Å². The van der Waals surface area contributed by atoms with E-state index in [-0.39, 0.29) is 6.61 Å². The van der Waals surface area contributed by atoms with Crippen LogP contribution in [0.5, 0.6) is 5.75 Å².